The molecule has 0 spiro atoms. The third-order valence-corrected chi connectivity index (χ3v) is 2.72. The molecule has 6 nitrogen and oxygen atoms in total. The maximum Gasteiger partial charge on any atom is 0.338 e. The largest absolute Gasteiger partial charge is 0.459 e. The Morgan fingerprint density at radius 2 is 1.75 bits per heavy atom. The molecule has 0 aromatic heterocycles. The summed E-state index contributed by atoms with van der Waals surface area (Å²) in [5.41, 5.74) is 0.433. The van der Waals surface area contributed by atoms with Crippen LogP contribution in [0.1, 0.15) is 10.4 Å². The fourth-order valence-corrected chi connectivity index (χ4v) is 1.76. The van der Waals surface area contributed by atoms with Gasteiger partial charge in [-0.05, 0) is 12.1 Å². The normalized spacial score (nSPS) is 12.4. The summed E-state index contributed by atoms with van der Waals surface area (Å²) in [7, 11) is 0. The van der Waals surface area contributed by atoms with Crippen LogP contribution < -0.4 is 0 Å². The monoisotopic (exact) mass is 283 g/mol. The molecule has 0 aliphatic heterocycles. The molecule has 0 radical (unpaired) electrons. The average Bonchev–Trinajstić information content (AvgIpc) is 2.46. The minimum Gasteiger partial charge on any atom is -0.459 e. The molecule has 0 amide bonds. The van der Waals surface area contributed by atoms with Gasteiger partial charge in [0.1, 0.15) is 12.7 Å². The van der Waals surface area contributed by atoms with Gasteiger partial charge in [-0.3, -0.25) is 4.90 Å². The fourth-order valence-electron chi connectivity index (χ4n) is 1.76. The van der Waals surface area contributed by atoms with Gasteiger partial charge in [-0.15, -0.1) is 0 Å². The number of hydrogen-bond donors (Lipinski definition) is 3. The molecule has 0 heterocycles. The third kappa shape index (κ3) is 6.12. The van der Waals surface area contributed by atoms with E-state index in [4.69, 9.17) is 14.9 Å². The van der Waals surface area contributed by atoms with Crippen LogP contribution in [0, 0.1) is 0 Å². The third-order valence-electron chi connectivity index (χ3n) is 2.72. The molecule has 0 aliphatic carbocycles. The summed E-state index contributed by atoms with van der Waals surface area (Å²) in [6.07, 6.45) is -0.860. The zero-order valence-corrected chi connectivity index (χ0v) is 11.3. The van der Waals surface area contributed by atoms with Crippen LogP contribution >= 0.6 is 0 Å². The standard InChI is InChI=1S/C14H21NO5/c16-8-6-15(7-9-17)10-13(18)11-20-14(19)12-4-2-1-3-5-12/h1-5,13,16-18H,6-11H2. The number of esters is 1. The van der Waals surface area contributed by atoms with Crippen LogP contribution in [-0.2, 0) is 4.74 Å². The number of aliphatic hydroxyl groups excluding tert-OH is 3. The van der Waals surface area contributed by atoms with Gasteiger partial charge in [-0.2, -0.15) is 0 Å². The fraction of sp³-hybridized carbons (Fsp3) is 0.500. The van der Waals surface area contributed by atoms with Gasteiger partial charge in [0.15, 0.2) is 0 Å². The van der Waals surface area contributed by atoms with Gasteiger partial charge in [-0.25, -0.2) is 4.79 Å². The quantitative estimate of drug-likeness (QED) is 0.529. The smallest absolute Gasteiger partial charge is 0.338 e. The maximum absolute atomic E-state index is 11.7. The van der Waals surface area contributed by atoms with E-state index in [-0.39, 0.29) is 26.4 Å². The Kier molecular flexibility index (Phi) is 7.82. The molecule has 112 valence electrons. The molecule has 0 bridgehead atoms. The highest BCUT2D eigenvalue weighted by Crippen LogP contribution is 2.02. The van der Waals surface area contributed by atoms with E-state index in [1.807, 2.05) is 0 Å². The number of nitrogens with zero attached hydrogens (tertiary/aromatic N) is 1. The minimum absolute atomic E-state index is 0.0590. The van der Waals surface area contributed by atoms with E-state index in [1.165, 1.54) is 0 Å². The van der Waals surface area contributed by atoms with Crippen molar-refractivity contribution in [1.82, 2.24) is 4.90 Å². The first-order chi connectivity index (χ1) is 9.67. The Bertz CT molecular complexity index is 378. The SMILES string of the molecule is O=C(OCC(O)CN(CCO)CCO)c1ccccc1. The van der Waals surface area contributed by atoms with Gasteiger partial charge in [0.25, 0.3) is 0 Å². The van der Waals surface area contributed by atoms with E-state index in [9.17, 15) is 9.90 Å². The van der Waals surface area contributed by atoms with E-state index in [2.05, 4.69) is 0 Å². The Balaban J connectivity index is 2.35. The molecule has 3 N–H and O–H groups in total. The van der Waals surface area contributed by atoms with Crippen molar-refractivity contribution < 1.29 is 24.9 Å². The van der Waals surface area contributed by atoms with Crippen LogP contribution in [0.15, 0.2) is 30.3 Å². The lowest BCUT2D eigenvalue weighted by molar-refractivity contribution is 0.0123. The van der Waals surface area contributed by atoms with Gasteiger partial charge in [0.2, 0.25) is 0 Å². The Hall–Kier alpha value is -1.47. The molecule has 0 fully saturated rings. The molecule has 0 saturated carbocycles. The first-order valence-corrected chi connectivity index (χ1v) is 6.51. The van der Waals surface area contributed by atoms with Crippen molar-refractivity contribution in [1.29, 1.82) is 0 Å². The highest BCUT2D eigenvalue weighted by molar-refractivity contribution is 5.89. The van der Waals surface area contributed by atoms with Crippen LogP contribution in [0.5, 0.6) is 0 Å². The predicted octanol–water partition coefficient (Wildman–Crippen LogP) is -0.509. The maximum atomic E-state index is 11.7. The van der Waals surface area contributed by atoms with Crippen molar-refractivity contribution >= 4 is 5.97 Å². The molecule has 1 atom stereocenters. The van der Waals surface area contributed by atoms with E-state index in [0.29, 0.717) is 18.7 Å². The number of ether oxygens (including phenoxy) is 1. The summed E-state index contributed by atoms with van der Waals surface area (Å²) in [4.78, 5) is 13.4. The Morgan fingerprint density at radius 3 is 2.30 bits per heavy atom. The second-order valence-electron chi connectivity index (χ2n) is 4.37. The zero-order chi connectivity index (χ0) is 14.8. The molecule has 1 unspecified atom stereocenters. The topological polar surface area (TPSA) is 90.2 Å². The molecule has 6 heteroatoms. The second kappa shape index (κ2) is 9.44. The van der Waals surface area contributed by atoms with Gasteiger partial charge in [0.05, 0.1) is 18.8 Å². The van der Waals surface area contributed by atoms with Crippen molar-refractivity contribution in [2.75, 3.05) is 39.5 Å². The summed E-state index contributed by atoms with van der Waals surface area (Å²) in [6.45, 7) is 0.686. The number of benzene rings is 1. The molecule has 1 rings (SSSR count). The van der Waals surface area contributed by atoms with Gasteiger partial charge in [0, 0.05) is 19.6 Å². The van der Waals surface area contributed by atoms with Gasteiger partial charge < -0.3 is 20.1 Å². The lowest BCUT2D eigenvalue weighted by Gasteiger charge is -2.23. The van der Waals surface area contributed by atoms with E-state index >= 15 is 0 Å². The van der Waals surface area contributed by atoms with Crippen LogP contribution in [0.3, 0.4) is 0 Å². The number of aliphatic hydroxyl groups is 3. The summed E-state index contributed by atoms with van der Waals surface area (Å²) in [6, 6.07) is 8.54. The highest BCUT2D eigenvalue weighted by atomic mass is 16.5. The van der Waals surface area contributed by atoms with E-state index in [0.717, 1.165) is 0 Å². The van der Waals surface area contributed by atoms with Crippen LogP contribution in [0.2, 0.25) is 0 Å². The van der Waals surface area contributed by atoms with Crippen molar-refractivity contribution in [3.8, 4) is 0 Å². The summed E-state index contributed by atoms with van der Waals surface area (Å²) in [5, 5.41) is 27.5. The first kappa shape index (κ1) is 16.6. The van der Waals surface area contributed by atoms with E-state index in [1.54, 1.807) is 35.2 Å². The predicted molar refractivity (Wildman–Crippen MR) is 73.3 cm³/mol. The minimum atomic E-state index is -0.860. The number of rotatable bonds is 9. The molecule has 1 aromatic carbocycles. The van der Waals surface area contributed by atoms with Gasteiger partial charge >= 0.3 is 5.97 Å². The molecule has 1 aromatic rings. The number of carbonyl (C=O) groups is 1. The average molecular weight is 283 g/mol. The zero-order valence-electron chi connectivity index (χ0n) is 11.3. The highest BCUT2D eigenvalue weighted by Gasteiger charge is 2.14. The van der Waals surface area contributed by atoms with Gasteiger partial charge in [-0.1, -0.05) is 18.2 Å². The molecule has 0 saturated heterocycles. The van der Waals surface area contributed by atoms with Crippen LogP contribution in [0.4, 0.5) is 0 Å². The first-order valence-electron chi connectivity index (χ1n) is 6.51. The van der Waals surface area contributed by atoms with Crippen LogP contribution in [-0.4, -0.2) is 71.7 Å². The molecule has 0 aliphatic rings. The summed E-state index contributed by atoms with van der Waals surface area (Å²) >= 11 is 0. The van der Waals surface area contributed by atoms with Crippen LogP contribution in [0.25, 0.3) is 0 Å². The van der Waals surface area contributed by atoms with Crippen molar-refractivity contribution in [2.24, 2.45) is 0 Å². The van der Waals surface area contributed by atoms with E-state index < -0.39 is 12.1 Å². The van der Waals surface area contributed by atoms with Crippen molar-refractivity contribution in [2.45, 2.75) is 6.10 Å². The molecule has 20 heavy (non-hydrogen) atoms. The lowest BCUT2D eigenvalue weighted by atomic mass is 10.2. The Morgan fingerprint density at radius 1 is 1.15 bits per heavy atom. The Labute approximate surface area is 118 Å². The molecular weight excluding hydrogens is 262 g/mol. The van der Waals surface area contributed by atoms with Crippen molar-refractivity contribution in [3.05, 3.63) is 35.9 Å². The lowest BCUT2D eigenvalue weighted by Crippen LogP contribution is -2.38. The number of hydrogen-bond acceptors (Lipinski definition) is 6. The van der Waals surface area contributed by atoms with Crippen molar-refractivity contribution in [3.63, 3.8) is 0 Å². The summed E-state index contributed by atoms with van der Waals surface area (Å²) in [5.74, 6) is -0.486. The molecular formula is C14H21NO5. The summed E-state index contributed by atoms with van der Waals surface area (Å²) < 4.78 is 5.01. The number of carbonyl (C=O) groups excluding carboxylic acids is 1. The second-order valence-corrected chi connectivity index (χ2v) is 4.37.